The topological polar surface area (TPSA) is 37.0 Å². The number of fused-ring (bicyclic) bond motifs is 1. The number of hydrogen-bond donors (Lipinski definition) is 2. The summed E-state index contributed by atoms with van der Waals surface area (Å²) < 4.78 is 5.84. The van der Waals surface area contributed by atoms with Crippen LogP contribution in [0.1, 0.15) is 16.7 Å². The van der Waals surface area contributed by atoms with Crippen LogP contribution in [0.3, 0.4) is 0 Å². The Kier molecular flexibility index (Phi) is 7.59. The van der Waals surface area contributed by atoms with Crippen molar-refractivity contribution in [1.29, 1.82) is 0 Å². The number of aromatic nitrogens is 1. The maximum Gasteiger partial charge on any atom is 0.119 e. The van der Waals surface area contributed by atoms with Crippen LogP contribution in [0.25, 0.3) is 10.9 Å². The van der Waals surface area contributed by atoms with Gasteiger partial charge >= 0.3 is 0 Å². The lowest BCUT2D eigenvalue weighted by Gasteiger charge is -2.08. The minimum absolute atomic E-state index is 0. The van der Waals surface area contributed by atoms with Crippen LogP contribution in [0.15, 0.2) is 79.0 Å². The Balaban J connectivity index is 0.00000240. The lowest BCUT2D eigenvalue weighted by molar-refractivity contribution is 0.306. The van der Waals surface area contributed by atoms with Gasteiger partial charge in [0, 0.05) is 28.7 Å². The van der Waals surface area contributed by atoms with Crippen molar-refractivity contribution >= 4 is 34.9 Å². The molecule has 3 nitrogen and oxygen atoms in total. The van der Waals surface area contributed by atoms with Crippen molar-refractivity contribution in [2.24, 2.45) is 0 Å². The second-order valence-electron chi connectivity index (χ2n) is 6.85. The van der Waals surface area contributed by atoms with Gasteiger partial charge in [0.05, 0.1) is 0 Å². The number of ether oxygens (including phenoxy) is 1. The molecular formula is C24H24Cl2N2O. The molecule has 0 fully saturated rings. The van der Waals surface area contributed by atoms with E-state index in [4.69, 9.17) is 16.3 Å². The van der Waals surface area contributed by atoms with E-state index < -0.39 is 0 Å². The molecule has 1 heterocycles. The standard InChI is InChI=1S/C24H23ClN2O.ClH/c25-21-9-5-19(6-10-21)17-28-22-11-7-18(8-12-22)15-26-14-13-20-16-27-24-4-2-1-3-23(20)24;/h1-12,16,26-27H,13-15,17H2;1H. The lowest BCUT2D eigenvalue weighted by Crippen LogP contribution is -2.16. The van der Waals surface area contributed by atoms with Crippen molar-refractivity contribution in [2.75, 3.05) is 6.54 Å². The number of benzene rings is 3. The smallest absolute Gasteiger partial charge is 0.119 e. The van der Waals surface area contributed by atoms with E-state index in [-0.39, 0.29) is 12.4 Å². The monoisotopic (exact) mass is 426 g/mol. The molecule has 2 N–H and O–H groups in total. The summed E-state index contributed by atoms with van der Waals surface area (Å²) in [4.78, 5) is 3.33. The number of rotatable bonds is 8. The Labute approximate surface area is 182 Å². The first kappa shape index (κ1) is 21.3. The molecule has 0 atom stereocenters. The summed E-state index contributed by atoms with van der Waals surface area (Å²) in [6, 6.07) is 24.4. The molecule has 0 unspecified atom stereocenters. The van der Waals surface area contributed by atoms with Crippen molar-refractivity contribution in [3.63, 3.8) is 0 Å². The van der Waals surface area contributed by atoms with Crippen molar-refractivity contribution < 1.29 is 4.74 Å². The van der Waals surface area contributed by atoms with Crippen LogP contribution in [0.4, 0.5) is 0 Å². The summed E-state index contributed by atoms with van der Waals surface area (Å²) in [6.07, 6.45) is 3.12. The first-order chi connectivity index (χ1) is 13.8. The number of para-hydroxylation sites is 1. The summed E-state index contributed by atoms with van der Waals surface area (Å²) in [5.74, 6) is 0.873. The molecule has 3 aromatic carbocycles. The molecule has 0 bridgehead atoms. The molecule has 0 saturated carbocycles. The van der Waals surface area contributed by atoms with Crippen LogP contribution in [0.5, 0.6) is 5.75 Å². The van der Waals surface area contributed by atoms with E-state index in [2.05, 4.69) is 52.9 Å². The van der Waals surface area contributed by atoms with Gasteiger partial charge in [-0.1, -0.05) is 54.1 Å². The summed E-state index contributed by atoms with van der Waals surface area (Å²) >= 11 is 5.90. The Morgan fingerprint density at radius 2 is 1.59 bits per heavy atom. The highest BCUT2D eigenvalue weighted by atomic mass is 35.5. The van der Waals surface area contributed by atoms with E-state index in [9.17, 15) is 0 Å². The molecule has 0 saturated heterocycles. The molecule has 4 aromatic rings. The minimum Gasteiger partial charge on any atom is -0.489 e. The van der Waals surface area contributed by atoms with Crippen LogP contribution in [0, 0.1) is 0 Å². The van der Waals surface area contributed by atoms with E-state index in [0.29, 0.717) is 6.61 Å². The molecular weight excluding hydrogens is 403 g/mol. The molecule has 150 valence electrons. The quantitative estimate of drug-likeness (QED) is 0.331. The highest BCUT2D eigenvalue weighted by molar-refractivity contribution is 6.30. The normalized spacial score (nSPS) is 10.7. The Bertz CT molecular complexity index is 1030. The van der Waals surface area contributed by atoms with E-state index in [1.54, 1.807) is 0 Å². The first-order valence-corrected chi connectivity index (χ1v) is 9.87. The van der Waals surface area contributed by atoms with Crippen LogP contribution in [-0.4, -0.2) is 11.5 Å². The van der Waals surface area contributed by atoms with Crippen molar-refractivity contribution in [3.05, 3.63) is 101 Å². The average molecular weight is 427 g/mol. The van der Waals surface area contributed by atoms with Gasteiger partial charge in [-0.3, -0.25) is 0 Å². The van der Waals surface area contributed by atoms with Crippen LogP contribution in [0.2, 0.25) is 5.02 Å². The highest BCUT2D eigenvalue weighted by Crippen LogP contribution is 2.18. The van der Waals surface area contributed by atoms with E-state index in [1.807, 2.05) is 36.4 Å². The molecule has 4 rings (SSSR count). The van der Waals surface area contributed by atoms with Crippen molar-refractivity contribution in [3.8, 4) is 5.75 Å². The van der Waals surface area contributed by atoms with E-state index >= 15 is 0 Å². The van der Waals surface area contributed by atoms with Gasteiger partial charge in [0.15, 0.2) is 0 Å². The molecule has 0 amide bonds. The number of hydrogen-bond acceptors (Lipinski definition) is 2. The zero-order chi connectivity index (χ0) is 19.2. The van der Waals surface area contributed by atoms with Crippen molar-refractivity contribution in [2.45, 2.75) is 19.6 Å². The van der Waals surface area contributed by atoms with Crippen LogP contribution < -0.4 is 10.1 Å². The van der Waals surface area contributed by atoms with Gasteiger partial charge < -0.3 is 15.0 Å². The predicted molar refractivity (Wildman–Crippen MR) is 123 cm³/mol. The largest absolute Gasteiger partial charge is 0.489 e. The molecule has 0 aliphatic heterocycles. The molecule has 0 radical (unpaired) electrons. The maximum atomic E-state index is 5.90. The summed E-state index contributed by atoms with van der Waals surface area (Å²) in [6.45, 7) is 2.33. The highest BCUT2D eigenvalue weighted by Gasteiger charge is 2.02. The zero-order valence-corrected chi connectivity index (χ0v) is 17.6. The Morgan fingerprint density at radius 1 is 0.862 bits per heavy atom. The summed E-state index contributed by atoms with van der Waals surface area (Å²) in [7, 11) is 0. The second kappa shape index (κ2) is 10.4. The van der Waals surface area contributed by atoms with Crippen molar-refractivity contribution in [1.82, 2.24) is 10.3 Å². The molecule has 29 heavy (non-hydrogen) atoms. The third kappa shape index (κ3) is 5.77. The van der Waals surface area contributed by atoms with Gasteiger partial charge in [-0.2, -0.15) is 0 Å². The SMILES string of the molecule is Cl.Clc1ccc(COc2ccc(CNCCc3c[nH]c4ccccc34)cc2)cc1. The van der Waals surface area contributed by atoms with Crippen LogP contribution >= 0.6 is 24.0 Å². The second-order valence-corrected chi connectivity index (χ2v) is 7.28. The van der Waals surface area contributed by atoms with E-state index in [0.717, 1.165) is 35.8 Å². The average Bonchev–Trinajstić information content (AvgIpc) is 3.15. The van der Waals surface area contributed by atoms with Gasteiger partial charge in [0.1, 0.15) is 12.4 Å². The number of nitrogens with one attached hydrogen (secondary N) is 2. The third-order valence-corrected chi connectivity index (χ3v) is 5.07. The number of aromatic amines is 1. The zero-order valence-electron chi connectivity index (χ0n) is 16.0. The van der Waals surface area contributed by atoms with Crippen LogP contribution in [-0.2, 0) is 19.6 Å². The number of halogens is 2. The predicted octanol–water partition coefficient (Wildman–Crippen LogP) is 6.15. The van der Waals surface area contributed by atoms with Gasteiger partial charge in [0.2, 0.25) is 0 Å². The van der Waals surface area contributed by atoms with Gasteiger partial charge in [-0.05, 0) is 60.0 Å². The van der Waals surface area contributed by atoms with Gasteiger partial charge in [0.25, 0.3) is 0 Å². The van der Waals surface area contributed by atoms with E-state index in [1.165, 1.54) is 22.0 Å². The van der Waals surface area contributed by atoms with Gasteiger partial charge in [-0.15, -0.1) is 12.4 Å². The maximum absolute atomic E-state index is 5.90. The van der Waals surface area contributed by atoms with Gasteiger partial charge in [-0.25, -0.2) is 0 Å². The molecule has 5 heteroatoms. The Hall–Kier alpha value is -2.46. The molecule has 0 aliphatic rings. The fraction of sp³-hybridized carbons (Fsp3) is 0.167. The fourth-order valence-electron chi connectivity index (χ4n) is 3.25. The lowest BCUT2D eigenvalue weighted by atomic mass is 10.1. The molecule has 1 aromatic heterocycles. The minimum atomic E-state index is 0. The molecule has 0 aliphatic carbocycles. The Morgan fingerprint density at radius 3 is 2.38 bits per heavy atom. The summed E-state index contributed by atoms with van der Waals surface area (Å²) in [5, 5.41) is 5.57. The first-order valence-electron chi connectivity index (χ1n) is 9.50. The third-order valence-electron chi connectivity index (χ3n) is 4.82. The number of H-pyrrole nitrogens is 1. The fourth-order valence-corrected chi connectivity index (χ4v) is 3.37. The summed E-state index contributed by atoms with van der Waals surface area (Å²) in [5.41, 5.74) is 4.91. The molecule has 0 spiro atoms.